The lowest BCUT2D eigenvalue weighted by Crippen LogP contribution is -2.04. The summed E-state index contributed by atoms with van der Waals surface area (Å²) in [5, 5.41) is 8.67. The summed E-state index contributed by atoms with van der Waals surface area (Å²) in [7, 11) is 0. The van der Waals surface area contributed by atoms with Crippen LogP contribution < -0.4 is 0 Å². The minimum absolute atomic E-state index is 0.0858. The van der Waals surface area contributed by atoms with E-state index >= 15 is 0 Å². The second-order valence-corrected chi connectivity index (χ2v) is 3.03. The quantitative estimate of drug-likeness (QED) is 0.492. The number of hydrogen-bond acceptors (Lipinski definition) is 3. The SMILES string of the molecule is CCOC(=O)CC(C#N)=CC(C)C. The van der Waals surface area contributed by atoms with Crippen molar-refractivity contribution in [3.8, 4) is 6.07 Å². The van der Waals surface area contributed by atoms with Gasteiger partial charge in [-0.1, -0.05) is 19.9 Å². The number of nitriles is 1. The fraction of sp³-hybridized carbons (Fsp3) is 0.600. The van der Waals surface area contributed by atoms with E-state index in [0.29, 0.717) is 12.2 Å². The zero-order valence-electron chi connectivity index (χ0n) is 8.33. The largest absolute Gasteiger partial charge is 0.466 e. The monoisotopic (exact) mass is 181 g/mol. The minimum Gasteiger partial charge on any atom is -0.466 e. The van der Waals surface area contributed by atoms with E-state index in [1.807, 2.05) is 19.9 Å². The van der Waals surface area contributed by atoms with Gasteiger partial charge < -0.3 is 4.74 Å². The van der Waals surface area contributed by atoms with Crippen molar-refractivity contribution in [1.29, 1.82) is 5.26 Å². The van der Waals surface area contributed by atoms with Gasteiger partial charge in [-0.25, -0.2) is 0 Å². The summed E-state index contributed by atoms with van der Waals surface area (Å²) < 4.78 is 4.72. The number of hydrogen-bond donors (Lipinski definition) is 0. The van der Waals surface area contributed by atoms with Gasteiger partial charge in [0.2, 0.25) is 0 Å². The van der Waals surface area contributed by atoms with Gasteiger partial charge in [-0.15, -0.1) is 0 Å². The van der Waals surface area contributed by atoms with E-state index in [2.05, 4.69) is 0 Å². The number of ether oxygens (including phenoxy) is 1. The number of carbonyl (C=O) groups is 1. The van der Waals surface area contributed by atoms with Crippen molar-refractivity contribution in [2.24, 2.45) is 5.92 Å². The minimum atomic E-state index is -0.337. The molecule has 0 amide bonds. The Morgan fingerprint density at radius 2 is 2.23 bits per heavy atom. The molecular formula is C10H15NO2. The molecule has 0 aliphatic heterocycles. The topological polar surface area (TPSA) is 50.1 Å². The first-order chi connectivity index (χ1) is 6.10. The molecule has 0 rings (SSSR count). The molecular weight excluding hydrogens is 166 g/mol. The lowest BCUT2D eigenvalue weighted by atomic mass is 10.1. The first kappa shape index (κ1) is 11.7. The first-order valence-electron chi connectivity index (χ1n) is 4.36. The van der Waals surface area contributed by atoms with E-state index in [-0.39, 0.29) is 18.3 Å². The van der Waals surface area contributed by atoms with Gasteiger partial charge in [0, 0.05) is 5.57 Å². The maximum atomic E-state index is 11.0. The van der Waals surface area contributed by atoms with E-state index in [4.69, 9.17) is 10.00 Å². The molecule has 0 atom stereocenters. The lowest BCUT2D eigenvalue weighted by molar-refractivity contribution is -0.142. The van der Waals surface area contributed by atoms with Crippen molar-refractivity contribution in [1.82, 2.24) is 0 Å². The third kappa shape index (κ3) is 5.92. The van der Waals surface area contributed by atoms with Gasteiger partial charge in [-0.3, -0.25) is 4.79 Å². The fourth-order valence-corrected chi connectivity index (χ4v) is 0.906. The number of rotatable bonds is 4. The van der Waals surface area contributed by atoms with Crippen molar-refractivity contribution < 1.29 is 9.53 Å². The standard InChI is InChI=1S/C10H15NO2/c1-4-13-10(12)6-9(7-11)5-8(2)3/h5,8H,4,6H2,1-3H3. The summed E-state index contributed by atoms with van der Waals surface area (Å²) >= 11 is 0. The molecule has 0 spiro atoms. The zero-order valence-corrected chi connectivity index (χ0v) is 8.33. The molecule has 0 bridgehead atoms. The van der Waals surface area contributed by atoms with Gasteiger partial charge in [-0.05, 0) is 12.8 Å². The molecule has 0 N–H and O–H groups in total. The molecule has 0 radical (unpaired) electrons. The fourth-order valence-electron chi connectivity index (χ4n) is 0.906. The maximum Gasteiger partial charge on any atom is 0.310 e. The number of esters is 1. The molecule has 0 aromatic rings. The van der Waals surface area contributed by atoms with Crippen LogP contribution in [0.2, 0.25) is 0 Å². The van der Waals surface area contributed by atoms with Gasteiger partial charge in [-0.2, -0.15) is 5.26 Å². The smallest absolute Gasteiger partial charge is 0.310 e. The van der Waals surface area contributed by atoms with E-state index in [1.165, 1.54) is 0 Å². The van der Waals surface area contributed by atoms with Crippen LogP contribution in [-0.2, 0) is 9.53 Å². The maximum absolute atomic E-state index is 11.0. The molecule has 0 aromatic carbocycles. The second-order valence-electron chi connectivity index (χ2n) is 3.03. The molecule has 0 aliphatic carbocycles. The van der Waals surface area contributed by atoms with E-state index in [0.717, 1.165) is 0 Å². The third-order valence-corrected chi connectivity index (χ3v) is 1.32. The molecule has 0 unspecified atom stereocenters. The Bertz CT molecular complexity index is 236. The van der Waals surface area contributed by atoms with E-state index < -0.39 is 0 Å². The van der Waals surface area contributed by atoms with Crippen LogP contribution in [-0.4, -0.2) is 12.6 Å². The van der Waals surface area contributed by atoms with E-state index in [9.17, 15) is 4.79 Å². The van der Waals surface area contributed by atoms with Crippen molar-refractivity contribution in [2.75, 3.05) is 6.61 Å². The lowest BCUT2D eigenvalue weighted by Gasteiger charge is -2.01. The van der Waals surface area contributed by atoms with Crippen LogP contribution in [0, 0.1) is 17.2 Å². The number of nitrogens with zero attached hydrogens (tertiary/aromatic N) is 1. The van der Waals surface area contributed by atoms with Crippen LogP contribution in [0.5, 0.6) is 0 Å². The van der Waals surface area contributed by atoms with Crippen LogP contribution in [0.15, 0.2) is 11.6 Å². The second kappa shape index (κ2) is 6.24. The summed E-state index contributed by atoms with van der Waals surface area (Å²) in [6.07, 6.45) is 1.86. The van der Waals surface area contributed by atoms with Crippen molar-refractivity contribution in [3.63, 3.8) is 0 Å². The molecule has 3 heteroatoms. The summed E-state index contributed by atoms with van der Waals surface area (Å²) in [6.45, 7) is 6.03. The Labute approximate surface area is 79.0 Å². The average molecular weight is 181 g/mol. The molecule has 3 nitrogen and oxygen atoms in total. The molecule has 13 heavy (non-hydrogen) atoms. The first-order valence-corrected chi connectivity index (χ1v) is 4.36. The molecule has 0 fully saturated rings. The Morgan fingerprint density at radius 3 is 2.62 bits per heavy atom. The Hall–Kier alpha value is -1.30. The van der Waals surface area contributed by atoms with Gasteiger partial charge >= 0.3 is 5.97 Å². The van der Waals surface area contributed by atoms with Crippen molar-refractivity contribution >= 4 is 5.97 Å². The highest BCUT2D eigenvalue weighted by Gasteiger charge is 2.06. The van der Waals surface area contributed by atoms with E-state index in [1.54, 1.807) is 13.0 Å². The highest BCUT2D eigenvalue weighted by molar-refractivity contribution is 5.73. The zero-order chi connectivity index (χ0) is 10.3. The summed E-state index contributed by atoms with van der Waals surface area (Å²) in [6, 6.07) is 1.98. The molecule has 0 aliphatic rings. The molecule has 0 saturated carbocycles. The van der Waals surface area contributed by atoms with Crippen LogP contribution >= 0.6 is 0 Å². The Kier molecular flexibility index (Phi) is 5.62. The van der Waals surface area contributed by atoms with Gasteiger partial charge in [0.15, 0.2) is 0 Å². The molecule has 72 valence electrons. The van der Waals surface area contributed by atoms with Crippen molar-refractivity contribution in [2.45, 2.75) is 27.2 Å². The van der Waals surface area contributed by atoms with Crippen LogP contribution in [0.3, 0.4) is 0 Å². The predicted molar refractivity (Wildman–Crippen MR) is 49.8 cm³/mol. The summed E-state index contributed by atoms with van der Waals surface area (Å²) in [4.78, 5) is 11.0. The van der Waals surface area contributed by atoms with Crippen LogP contribution in [0.4, 0.5) is 0 Å². The van der Waals surface area contributed by atoms with Crippen LogP contribution in [0.1, 0.15) is 27.2 Å². The molecule has 0 heterocycles. The van der Waals surface area contributed by atoms with Gasteiger partial charge in [0.25, 0.3) is 0 Å². The highest BCUT2D eigenvalue weighted by Crippen LogP contribution is 2.06. The highest BCUT2D eigenvalue weighted by atomic mass is 16.5. The normalized spacial score (nSPS) is 11.2. The summed E-state index contributed by atoms with van der Waals surface area (Å²) in [5.74, 6) is -0.0555. The number of allylic oxidation sites excluding steroid dienone is 1. The average Bonchev–Trinajstić information content (AvgIpc) is 2.02. The van der Waals surface area contributed by atoms with Gasteiger partial charge in [0.05, 0.1) is 19.1 Å². The van der Waals surface area contributed by atoms with Gasteiger partial charge in [0.1, 0.15) is 0 Å². The predicted octanol–water partition coefficient (Wildman–Crippen LogP) is 2.05. The number of carbonyl (C=O) groups excluding carboxylic acids is 1. The van der Waals surface area contributed by atoms with Crippen molar-refractivity contribution in [3.05, 3.63) is 11.6 Å². The summed E-state index contributed by atoms with van der Waals surface area (Å²) in [5.41, 5.74) is 0.480. The Balaban J connectivity index is 4.15. The van der Waals surface area contributed by atoms with Crippen LogP contribution in [0.25, 0.3) is 0 Å². The molecule has 0 saturated heterocycles. The molecule has 0 aromatic heterocycles. The Morgan fingerprint density at radius 1 is 1.62 bits per heavy atom. The third-order valence-electron chi connectivity index (χ3n) is 1.32.